The fourth-order valence-corrected chi connectivity index (χ4v) is 6.65. The van der Waals surface area contributed by atoms with Gasteiger partial charge in [0, 0.05) is 17.5 Å². The number of rotatable bonds is 5. The third kappa shape index (κ3) is 3.85. The second-order valence-corrected chi connectivity index (χ2v) is 10.7. The number of hydrogen-bond acceptors (Lipinski definition) is 4. The van der Waals surface area contributed by atoms with Crippen molar-refractivity contribution in [2.45, 2.75) is 58.4 Å². The summed E-state index contributed by atoms with van der Waals surface area (Å²) in [6.07, 6.45) is 5.83. The van der Waals surface area contributed by atoms with E-state index in [-0.39, 0.29) is 23.5 Å². The lowest BCUT2D eigenvalue weighted by Crippen LogP contribution is -2.41. The Kier molecular flexibility index (Phi) is 5.35. The van der Waals surface area contributed by atoms with E-state index in [0.29, 0.717) is 18.9 Å². The van der Waals surface area contributed by atoms with Crippen molar-refractivity contribution in [3.05, 3.63) is 21.4 Å². The third-order valence-electron chi connectivity index (χ3n) is 5.20. The highest BCUT2D eigenvalue weighted by Gasteiger charge is 2.35. The van der Waals surface area contributed by atoms with E-state index in [1.165, 1.54) is 16.9 Å². The Bertz CT molecular complexity index is 708. The van der Waals surface area contributed by atoms with Crippen molar-refractivity contribution in [1.29, 1.82) is 0 Å². The Morgan fingerprint density at radius 3 is 2.83 bits per heavy atom. The number of unbranched alkanes of at least 4 members (excludes halogenated alkanes) is 1. The fraction of sp³-hybridized carbons (Fsp3) is 0.722. The Morgan fingerprint density at radius 1 is 1.38 bits per heavy atom. The zero-order valence-electron chi connectivity index (χ0n) is 14.6. The van der Waals surface area contributed by atoms with Crippen LogP contribution in [0.2, 0.25) is 0 Å². The van der Waals surface area contributed by atoms with E-state index in [1.807, 2.05) is 4.90 Å². The quantitative estimate of drug-likeness (QED) is 0.800. The van der Waals surface area contributed by atoms with Crippen molar-refractivity contribution in [3.8, 4) is 0 Å². The van der Waals surface area contributed by atoms with Crippen molar-refractivity contribution in [2.75, 3.05) is 18.1 Å². The van der Waals surface area contributed by atoms with Gasteiger partial charge in [0.15, 0.2) is 9.84 Å². The maximum atomic E-state index is 13.1. The van der Waals surface area contributed by atoms with Crippen LogP contribution in [0.5, 0.6) is 0 Å². The number of thiophene rings is 1. The number of carbonyl (C=O) groups is 1. The van der Waals surface area contributed by atoms with E-state index in [0.717, 1.165) is 30.6 Å². The molecule has 134 valence electrons. The summed E-state index contributed by atoms with van der Waals surface area (Å²) < 4.78 is 23.7. The number of fused-ring (bicyclic) bond motifs is 1. The molecule has 0 saturated carbocycles. The maximum absolute atomic E-state index is 13.1. The van der Waals surface area contributed by atoms with Gasteiger partial charge in [0.2, 0.25) is 0 Å². The lowest BCUT2D eigenvalue weighted by Gasteiger charge is -2.27. The summed E-state index contributed by atoms with van der Waals surface area (Å²) in [5.74, 6) is 1.07. The molecule has 0 spiro atoms. The number of hydrogen-bond donors (Lipinski definition) is 0. The molecule has 2 unspecified atom stereocenters. The summed E-state index contributed by atoms with van der Waals surface area (Å²) in [7, 11) is -2.98. The van der Waals surface area contributed by atoms with E-state index in [4.69, 9.17) is 0 Å². The number of carbonyl (C=O) groups excluding carboxylic acids is 1. The summed E-state index contributed by atoms with van der Waals surface area (Å²) >= 11 is 1.63. The summed E-state index contributed by atoms with van der Waals surface area (Å²) in [5, 5.41) is 0. The molecular weight excluding hydrogens is 342 g/mol. The molecule has 0 N–H and O–H groups in total. The standard InChI is InChI=1S/C18H27NO3S2/c1-3-4-8-19(15-7-9-24(21,22)12-15)18(20)17-11-14-10-13(2)5-6-16(14)23-17/h11,13,15H,3-10,12H2,1-2H3. The van der Waals surface area contributed by atoms with Gasteiger partial charge in [-0.3, -0.25) is 4.79 Å². The zero-order valence-corrected chi connectivity index (χ0v) is 16.2. The van der Waals surface area contributed by atoms with Crippen LogP contribution in [0.25, 0.3) is 0 Å². The molecule has 1 aliphatic heterocycles. The van der Waals surface area contributed by atoms with E-state index >= 15 is 0 Å². The monoisotopic (exact) mass is 369 g/mol. The molecule has 1 fully saturated rings. The molecule has 2 aliphatic rings. The molecule has 2 heterocycles. The van der Waals surface area contributed by atoms with Crippen LogP contribution in [0.4, 0.5) is 0 Å². The molecule has 1 aromatic heterocycles. The SMILES string of the molecule is CCCCN(C(=O)c1cc2c(s1)CCC(C)C2)C1CCS(=O)(=O)C1. The van der Waals surface area contributed by atoms with Gasteiger partial charge in [-0.1, -0.05) is 20.3 Å². The molecule has 1 amide bonds. The Balaban J connectivity index is 1.81. The average Bonchev–Trinajstić information content (AvgIpc) is 3.10. The van der Waals surface area contributed by atoms with Crippen LogP contribution in [0.1, 0.15) is 59.6 Å². The minimum Gasteiger partial charge on any atom is -0.334 e. The number of aryl methyl sites for hydroxylation is 1. The number of sulfone groups is 1. The van der Waals surface area contributed by atoms with E-state index in [1.54, 1.807) is 11.3 Å². The summed E-state index contributed by atoms with van der Waals surface area (Å²) in [6.45, 7) is 5.02. The van der Waals surface area contributed by atoms with Gasteiger partial charge in [0.25, 0.3) is 5.91 Å². The van der Waals surface area contributed by atoms with Crippen LogP contribution in [0.15, 0.2) is 6.07 Å². The topological polar surface area (TPSA) is 54.5 Å². The molecule has 4 nitrogen and oxygen atoms in total. The molecule has 6 heteroatoms. The van der Waals surface area contributed by atoms with Gasteiger partial charge in [-0.15, -0.1) is 11.3 Å². The van der Waals surface area contributed by atoms with Crippen LogP contribution in [-0.4, -0.2) is 43.3 Å². The molecule has 3 rings (SSSR count). The first-order valence-electron chi connectivity index (χ1n) is 9.02. The van der Waals surface area contributed by atoms with E-state index in [9.17, 15) is 13.2 Å². The molecule has 1 aromatic rings. The first kappa shape index (κ1) is 17.9. The largest absolute Gasteiger partial charge is 0.334 e. The lowest BCUT2D eigenvalue weighted by molar-refractivity contribution is 0.0699. The maximum Gasteiger partial charge on any atom is 0.264 e. The van der Waals surface area contributed by atoms with Gasteiger partial charge in [-0.2, -0.15) is 0 Å². The molecule has 0 bridgehead atoms. The van der Waals surface area contributed by atoms with Crippen molar-refractivity contribution in [3.63, 3.8) is 0 Å². The van der Waals surface area contributed by atoms with E-state index in [2.05, 4.69) is 19.9 Å². The second-order valence-electron chi connectivity index (χ2n) is 7.32. The highest BCUT2D eigenvalue weighted by Crippen LogP contribution is 2.33. The zero-order chi connectivity index (χ0) is 17.3. The first-order chi connectivity index (χ1) is 11.4. The van der Waals surface area contributed by atoms with E-state index < -0.39 is 9.84 Å². The Hall–Kier alpha value is -0.880. The molecule has 1 aliphatic carbocycles. The van der Waals surface area contributed by atoms with Crippen molar-refractivity contribution < 1.29 is 13.2 Å². The van der Waals surface area contributed by atoms with Gasteiger partial charge in [0.1, 0.15) is 0 Å². The molecular formula is C18H27NO3S2. The summed E-state index contributed by atoms with van der Waals surface area (Å²) in [4.78, 5) is 17.1. The van der Waals surface area contributed by atoms with Crippen molar-refractivity contribution in [1.82, 2.24) is 4.90 Å². The molecule has 0 radical (unpaired) electrons. The predicted octanol–water partition coefficient (Wildman–Crippen LogP) is 3.30. The second kappa shape index (κ2) is 7.16. The average molecular weight is 370 g/mol. The molecule has 0 aromatic carbocycles. The highest BCUT2D eigenvalue weighted by atomic mass is 32.2. The normalized spacial score (nSPS) is 25.4. The van der Waals surface area contributed by atoms with Crippen LogP contribution >= 0.6 is 11.3 Å². The van der Waals surface area contributed by atoms with Crippen molar-refractivity contribution >= 4 is 27.1 Å². The van der Waals surface area contributed by atoms with Gasteiger partial charge in [-0.05, 0) is 49.7 Å². The fourth-order valence-electron chi connectivity index (χ4n) is 3.75. The minimum absolute atomic E-state index is 0.0394. The van der Waals surface area contributed by atoms with Gasteiger partial charge in [-0.25, -0.2) is 8.42 Å². The molecule has 1 saturated heterocycles. The highest BCUT2D eigenvalue weighted by molar-refractivity contribution is 7.91. The van der Waals surface area contributed by atoms with Gasteiger partial charge >= 0.3 is 0 Å². The minimum atomic E-state index is -2.98. The van der Waals surface area contributed by atoms with Crippen LogP contribution in [-0.2, 0) is 22.7 Å². The summed E-state index contributed by atoms with van der Waals surface area (Å²) in [5.41, 5.74) is 1.33. The third-order valence-corrected chi connectivity index (χ3v) is 8.18. The summed E-state index contributed by atoms with van der Waals surface area (Å²) in [6, 6.07) is 1.92. The van der Waals surface area contributed by atoms with Crippen LogP contribution in [0, 0.1) is 5.92 Å². The van der Waals surface area contributed by atoms with Crippen LogP contribution in [0.3, 0.4) is 0 Å². The Labute approximate surface area is 149 Å². The Morgan fingerprint density at radius 2 is 2.17 bits per heavy atom. The van der Waals surface area contributed by atoms with Crippen LogP contribution < -0.4 is 0 Å². The molecule has 24 heavy (non-hydrogen) atoms. The first-order valence-corrected chi connectivity index (χ1v) is 11.7. The van der Waals surface area contributed by atoms with Gasteiger partial charge in [0.05, 0.1) is 16.4 Å². The van der Waals surface area contributed by atoms with Gasteiger partial charge < -0.3 is 4.90 Å². The number of amides is 1. The van der Waals surface area contributed by atoms with Crippen molar-refractivity contribution in [2.24, 2.45) is 5.92 Å². The smallest absolute Gasteiger partial charge is 0.264 e. The number of nitrogens with zero attached hydrogens (tertiary/aromatic N) is 1. The predicted molar refractivity (Wildman–Crippen MR) is 98.5 cm³/mol. The molecule has 2 atom stereocenters. The lowest BCUT2D eigenvalue weighted by atomic mass is 9.90.